The summed E-state index contributed by atoms with van der Waals surface area (Å²) in [7, 11) is 1.40. The number of allylic oxidation sites excluding steroid dienone is 4. The molecular formula is C20H28N4O5. The van der Waals surface area contributed by atoms with Crippen LogP contribution in [0.1, 0.15) is 19.3 Å². The highest BCUT2D eigenvalue weighted by atomic mass is 16.6. The normalized spacial score (nSPS) is 20.0. The van der Waals surface area contributed by atoms with Gasteiger partial charge in [0.15, 0.2) is 0 Å². The first-order chi connectivity index (χ1) is 14.1. The highest BCUT2D eigenvalue weighted by Crippen LogP contribution is 2.24. The lowest BCUT2D eigenvalue weighted by Gasteiger charge is -2.36. The zero-order valence-corrected chi connectivity index (χ0v) is 16.7. The minimum atomic E-state index is -0.591. The predicted molar refractivity (Wildman–Crippen MR) is 106 cm³/mol. The van der Waals surface area contributed by atoms with Crippen molar-refractivity contribution in [1.29, 1.82) is 0 Å². The minimum Gasteiger partial charge on any atom is -0.465 e. The van der Waals surface area contributed by atoms with Crippen molar-refractivity contribution in [3.63, 3.8) is 0 Å². The molecule has 2 aliphatic heterocycles. The van der Waals surface area contributed by atoms with Crippen molar-refractivity contribution in [2.75, 3.05) is 46.4 Å². The number of carbonyl (C=O) groups is 3. The Hall–Kier alpha value is -2.81. The summed E-state index contributed by atoms with van der Waals surface area (Å²) in [5.41, 5.74) is 1.53. The lowest BCUT2D eigenvalue weighted by Crippen LogP contribution is -2.46. The van der Waals surface area contributed by atoms with Crippen LogP contribution in [0.15, 0.2) is 35.6 Å². The van der Waals surface area contributed by atoms with Crippen molar-refractivity contribution < 1.29 is 23.9 Å². The number of imide groups is 1. The number of esters is 1. The second-order valence-electron chi connectivity index (χ2n) is 7.04. The van der Waals surface area contributed by atoms with Gasteiger partial charge in [0.05, 0.1) is 19.2 Å². The maximum absolute atomic E-state index is 12.1. The van der Waals surface area contributed by atoms with Gasteiger partial charge in [-0.3, -0.25) is 0 Å². The number of urea groups is 1. The van der Waals surface area contributed by atoms with Gasteiger partial charge >= 0.3 is 18.1 Å². The molecule has 0 aromatic carbocycles. The monoisotopic (exact) mass is 404 g/mol. The van der Waals surface area contributed by atoms with E-state index in [1.807, 2.05) is 18.2 Å². The van der Waals surface area contributed by atoms with Crippen LogP contribution in [0.25, 0.3) is 0 Å². The summed E-state index contributed by atoms with van der Waals surface area (Å²) < 4.78 is 9.68. The number of rotatable bonds is 6. The number of cyclic esters (lactones) is 1. The highest BCUT2D eigenvalue weighted by molar-refractivity contribution is 5.93. The Labute approximate surface area is 170 Å². The van der Waals surface area contributed by atoms with E-state index in [9.17, 15) is 14.4 Å². The molecule has 9 heteroatoms. The number of amides is 3. The molecule has 1 aliphatic carbocycles. The van der Waals surface area contributed by atoms with Crippen LogP contribution in [0.5, 0.6) is 0 Å². The molecule has 0 aromatic rings. The molecule has 9 nitrogen and oxygen atoms in total. The number of hydrogen-bond donors (Lipinski definition) is 2. The zero-order chi connectivity index (χ0) is 20.6. The van der Waals surface area contributed by atoms with Crippen molar-refractivity contribution in [2.45, 2.75) is 25.3 Å². The van der Waals surface area contributed by atoms with E-state index in [1.165, 1.54) is 7.11 Å². The van der Waals surface area contributed by atoms with E-state index in [2.05, 4.69) is 21.6 Å². The molecular weight excluding hydrogens is 376 g/mol. The van der Waals surface area contributed by atoms with Crippen LogP contribution in [-0.4, -0.2) is 80.4 Å². The minimum absolute atomic E-state index is 0.252. The van der Waals surface area contributed by atoms with E-state index in [0.717, 1.165) is 42.9 Å². The Kier molecular flexibility index (Phi) is 7.29. The van der Waals surface area contributed by atoms with E-state index in [0.29, 0.717) is 31.2 Å². The third-order valence-corrected chi connectivity index (χ3v) is 5.20. The van der Waals surface area contributed by atoms with E-state index in [-0.39, 0.29) is 12.6 Å². The fourth-order valence-corrected chi connectivity index (χ4v) is 3.64. The fraction of sp³-hybridized carbons (Fsp3) is 0.550. The van der Waals surface area contributed by atoms with Crippen molar-refractivity contribution in [3.8, 4) is 0 Å². The summed E-state index contributed by atoms with van der Waals surface area (Å²) in [5.74, 6) is -0.319. The van der Waals surface area contributed by atoms with Gasteiger partial charge in [-0.1, -0.05) is 18.2 Å². The Morgan fingerprint density at radius 3 is 2.72 bits per heavy atom. The molecule has 0 bridgehead atoms. The molecule has 158 valence electrons. The van der Waals surface area contributed by atoms with Gasteiger partial charge < -0.3 is 25.0 Å². The van der Waals surface area contributed by atoms with Gasteiger partial charge in [-0.05, 0) is 25.3 Å². The molecule has 2 saturated heterocycles. The molecule has 0 spiro atoms. The van der Waals surface area contributed by atoms with Gasteiger partial charge in [-0.15, -0.1) is 0 Å². The maximum atomic E-state index is 12.1. The number of methoxy groups -OCH3 is 1. The second kappa shape index (κ2) is 10.1. The van der Waals surface area contributed by atoms with E-state index < -0.39 is 12.1 Å². The number of ether oxygens (including phenoxy) is 2. The van der Waals surface area contributed by atoms with Gasteiger partial charge in [0.1, 0.15) is 6.61 Å². The first-order valence-corrected chi connectivity index (χ1v) is 9.96. The second-order valence-corrected chi connectivity index (χ2v) is 7.04. The molecule has 0 atom stereocenters. The summed E-state index contributed by atoms with van der Waals surface area (Å²) in [5, 5.41) is 6.17. The molecule has 29 heavy (non-hydrogen) atoms. The van der Waals surface area contributed by atoms with Crippen molar-refractivity contribution in [2.24, 2.45) is 0 Å². The van der Waals surface area contributed by atoms with Crippen molar-refractivity contribution in [3.05, 3.63) is 35.6 Å². The van der Waals surface area contributed by atoms with Crippen LogP contribution in [0.2, 0.25) is 0 Å². The molecule has 2 fully saturated rings. The Bertz CT molecular complexity index is 722. The first kappa shape index (κ1) is 20.9. The average Bonchev–Trinajstić information content (AvgIpc) is 3.02. The first-order valence-electron chi connectivity index (χ1n) is 9.96. The van der Waals surface area contributed by atoms with Crippen LogP contribution in [-0.2, 0) is 14.3 Å². The maximum Gasteiger partial charge on any atom is 0.418 e. The molecule has 0 unspecified atom stereocenters. The van der Waals surface area contributed by atoms with Crippen LogP contribution < -0.4 is 10.6 Å². The number of likely N-dealkylation sites (tertiary alicyclic amines) is 1. The lowest BCUT2D eigenvalue weighted by atomic mass is 10.0. The predicted octanol–water partition coefficient (Wildman–Crippen LogP) is 1.15. The summed E-state index contributed by atoms with van der Waals surface area (Å²) in [4.78, 5) is 38.6. The summed E-state index contributed by atoms with van der Waals surface area (Å²) in [6.07, 6.45) is 9.85. The summed E-state index contributed by atoms with van der Waals surface area (Å²) >= 11 is 0. The Morgan fingerprint density at radius 1 is 1.24 bits per heavy atom. The number of nitrogens with one attached hydrogen (secondary N) is 2. The molecule has 0 radical (unpaired) electrons. The van der Waals surface area contributed by atoms with Crippen molar-refractivity contribution >= 4 is 18.1 Å². The number of hydrogen-bond acceptors (Lipinski definition) is 7. The highest BCUT2D eigenvalue weighted by Gasteiger charge is 2.28. The SMILES string of the molecule is COC(=O)C1=CC=CCC=C1N1CCC(NCCNC(=O)N2CCOC2=O)CC1. The molecule has 2 heterocycles. The molecule has 3 amide bonds. The molecule has 3 rings (SSSR count). The number of nitrogens with zero attached hydrogens (tertiary/aromatic N) is 2. The lowest BCUT2D eigenvalue weighted by molar-refractivity contribution is -0.136. The van der Waals surface area contributed by atoms with Crippen LogP contribution in [0, 0.1) is 0 Å². The number of piperidine rings is 1. The summed E-state index contributed by atoms with van der Waals surface area (Å²) in [6, 6.07) is -0.0740. The van der Waals surface area contributed by atoms with E-state index >= 15 is 0 Å². The molecule has 3 aliphatic rings. The van der Waals surface area contributed by atoms with Crippen molar-refractivity contribution in [1.82, 2.24) is 20.4 Å². The smallest absolute Gasteiger partial charge is 0.418 e. The van der Waals surface area contributed by atoms with Gasteiger partial charge in [0.2, 0.25) is 0 Å². The third kappa shape index (κ3) is 5.38. The van der Waals surface area contributed by atoms with Gasteiger partial charge in [-0.2, -0.15) is 0 Å². The Balaban J connectivity index is 1.40. The van der Waals surface area contributed by atoms with Crippen LogP contribution in [0.4, 0.5) is 9.59 Å². The molecule has 0 aromatic heterocycles. The third-order valence-electron chi connectivity index (χ3n) is 5.20. The van der Waals surface area contributed by atoms with Crippen LogP contribution in [0.3, 0.4) is 0 Å². The fourth-order valence-electron chi connectivity index (χ4n) is 3.64. The Morgan fingerprint density at radius 2 is 2.03 bits per heavy atom. The van der Waals surface area contributed by atoms with E-state index in [1.54, 1.807) is 0 Å². The summed E-state index contributed by atoms with van der Waals surface area (Å²) in [6.45, 7) is 3.29. The molecule has 2 N–H and O–H groups in total. The van der Waals surface area contributed by atoms with Gasteiger partial charge in [0.25, 0.3) is 0 Å². The van der Waals surface area contributed by atoms with Crippen LogP contribution >= 0.6 is 0 Å². The topological polar surface area (TPSA) is 100 Å². The van der Waals surface area contributed by atoms with E-state index in [4.69, 9.17) is 9.47 Å². The zero-order valence-electron chi connectivity index (χ0n) is 16.7. The van der Waals surface area contributed by atoms with Gasteiger partial charge in [0, 0.05) is 37.9 Å². The quantitative estimate of drug-likeness (QED) is 0.506. The van der Waals surface area contributed by atoms with Gasteiger partial charge in [-0.25, -0.2) is 19.3 Å². The number of carbonyl (C=O) groups excluding carboxylic acids is 3. The molecule has 0 saturated carbocycles. The largest absolute Gasteiger partial charge is 0.465 e. The average molecular weight is 404 g/mol. The standard InChI is InChI=1S/C20H28N4O5/c1-28-18(25)16-5-3-2-4-6-17(16)23-11-7-15(8-12-23)21-9-10-22-19(26)24-13-14-29-20(24)27/h2-3,5-6,15,21H,4,7-14H2,1H3,(H,22,26).